The Hall–Kier alpha value is -3.06. The minimum Gasteiger partial charge on any atom is -0.240 e. The topological polar surface area (TPSA) is 36.7 Å². The molecule has 0 bridgehead atoms. The number of nitrogens with zero attached hydrogens (tertiary/aromatic N) is 2. The number of halogens is 1. The highest BCUT2D eigenvalue weighted by Gasteiger charge is 2.16. The second-order valence-corrected chi connectivity index (χ2v) is 8.39. The summed E-state index contributed by atoms with van der Waals surface area (Å²) in [6.45, 7) is 2.07. The van der Waals surface area contributed by atoms with Gasteiger partial charge < -0.3 is 0 Å². The molecule has 0 saturated carbocycles. The number of benzene rings is 3. The monoisotopic (exact) mass is 426 g/mol. The zero-order valence-electron chi connectivity index (χ0n) is 16.5. The summed E-state index contributed by atoms with van der Waals surface area (Å²) >= 11 is 7.58. The molecule has 0 amide bonds. The van der Waals surface area contributed by atoms with Gasteiger partial charge >= 0.3 is 0 Å². The van der Waals surface area contributed by atoms with E-state index in [1.54, 1.807) is 11.8 Å². The molecule has 1 heterocycles. The first-order valence-electron chi connectivity index (χ1n) is 9.59. The Morgan fingerprint density at radius 3 is 2.27 bits per heavy atom. The molecule has 4 aromatic rings. The minimum absolute atomic E-state index is 0.607. The maximum Gasteiger partial charge on any atom is 0.115 e. The van der Waals surface area contributed by atoms with Crippen LogP contribution in [0.2, 0.25) is 5.02 Å². The fourth-order valence-corrected chi connectivity index (χ4v) is 4.27. The molecule has 0 spiro atoms. The normalized spacial score (nSPS) is 10.6. The van der Waals surface area contributed by atoms with Crippen LogP contribution in [0.15, 0.2) is 90.0 Å². The SMILES string of the molecule is Cc1ccc(-c2cc(-c3ccccc3)c(C#N)c(SCc3ccc(Cl)cc3)n2)cc1. The maximum absolute atomic E-state index is 9.97. The highest BCUT2D eigenvalue weighted by molar-refractivity contribution is 7.98. The van der Waals surface area contributed by atoms with E-state index in [1.807, 2.05) is 60.7 Å². The lowest BCUT2D eigenvalue weighted by Crippen LogP contribution is -1.96. The van der Waals surface area contributed by atoms with Crippen LogP contribution < -0.4 is 0 Å². The summed E-state index contributed by atoms with van der Waals surface area (Å²) in [6.07, 6.45) is 0. The van der Waals surface area contributed by atoms with Crippen molar-refractivity contribution in [3.05, 3.63) is 107 Å². The first kappa shape index (κ1) is 20.2. The molecule has 146 valence electrons. The van der Waals surface area contributed by atoms with Gasteiger partial charge in [-0.1, -0.05) is 83.9 Å². The van der Waals surface area contributed by atoms with Gasteiger partial charge in [-0.25, -0.2) is 4.98 Å². The lowest BCUT2D eigenvalue weighted by molar-refractivity contribution is 1.12. The maximum atomic E-state index is 9.97. The van der Waals surface area contributed by atoms with Gasteiger partial charge in [-0.05, 0) is 36.2 Å². The number of aryl methyl sites for hydroxylation is 1. The average Bonchev–Trinajstić information content (AvgIpc) is 2.79. The zero-order valence-corrected chi connectivity index (χ0v) is 18.0. The van der Waals surface area contributed by atoms with Crippen molar-refractivity contribution in [2.75, 3.05) is 0 Å². The smallest absolute Gasteiger partial charge is 0.115 e. The van der Waals surface area contributed by atoms with Crippen LogP contribution >= 0.6 is 23.4 Å². The molecular weight excluding hydrogens is 408 g/mol. The van der Waals surface area contributed by atoms with Crippen molar-refractivity contribution in [1.82, 2.24) is 4.98 Å². The van der Waals surface area contributed by atoms with Crippen molar-refractivity contribution < 1.29 is 0 Å². The van der Waals surface area contributed by atoms with Crippen LogP contribution in [0.5, 0.6) is 0 Å². The van der Waals surface area contributed by atoms with Crippen LogP contribution in [-0.2, 0) is 5.75 Å². The van der Waals surface area contributed by atoms with E-state index in [0.29, 0.717) is 16.3 Å². The van der Waals surface area contributed by atoms with E-state index < -0.39 is 0 Å². The van der Waals surface area contributed by atoms with E-state index in [0.717, 1.165) is 33.0 Å². The number of hydrogen-bond donors (Lipinski definition) is 0. The molecule has 0 fully saturated rings. The summed E-state index contributed by atoms with van der Waals surface area (Å²) in [5.41, 5.74) is 6.77. The molecule has 3 aromatic carbocycles. The highest BCUT2D eigenvalue weighted by Crippen LogP contribution is 2.35. The molecule has 0 saturated heterocycles. The van der Waals surface area contributed by atoms with Gasteiger partial charge in [-0.15, -0.1) is 11.8 Å². The Morgan fingerprint density at radius 1 is 0.900 bits per heavy atom. The third kappa shape index (κ3) is 4.57. The Bertz CT molecular complexity index is 1190. The second kappa shape index (κ2) is 9.17. The quantitative estimate of drug-likeness (QED) is 0.309. The second-order valence-electron chi connectivity index (χ2n) is 6.99. The van der Waals surface area contributed by atoms with Crippen LogP contribution in [0, 0.1) is 18.3 Å². The highest BCUT2D eigenvalue weighted by atomic mass is 35.5. The van der Waals surface area contributed by atoms with Crippen molar-refractivity contribution >= 4 is 23.4 Å². The number of pyridine rings is 1. The summed E-state index contributed by atoms with van der Waals surface area (Å²) < 4.78 is 0. The van der Waals surface area contributed by atoms with Crippen molar-refractivity contribution in [2.24, 2.45) is 0 Å². The van der Waals surface area contributed by atoms with Crippen molar-refractivity contribution in [2.45, 2.75) is 17.7 Å². The van der Waals surface area contributed by atoms with Crippen LogP contribution in [0.4, 0.5) is 0 Å². The van der Waals surface area contributed by atoms with E-state index in [2.05, 4.69) is 37.3 Å². The molecule has 0 atom stereocenters. The fraction of sp³-hybridized carbons (Fsp3) is 0.0769. The van der Waals surface area contributed by atoms with Gasteiger partial charge in [0.2, 0.25) is 0 Å². The van der Waals surface area contributed by atoms with Gasteiger partial charge in [-0.2, -0.15) is 5.26 Å². The van der Waals surface area contributed by atoms with Crippen LogP contribution in [-0.4, -0.2) is 4.98 Å². The molecule has 0 N–H and O–H groups in total. The lowest BCUT2D eigenvalue weighted by Gasteiger charge is -2.13. The predicted octanol–water partition coefficient (Wildman–Crippen LogP) is 7.54. The molecule has 0 aliphatic rings. The van der Waals surface area contributed by atoms with Crippen molar-refractivity contribution in [3.63, 3.8) is 0 Å². The Balaban J connectivity index is 1.80. The van der Waals surface area contributed by atoms with Crippen molar-refractivity contribution in [1.29, 1.82) is 5.26 Å². The molecule has 1 aromatic heterocycles. The summed E-state index contributed by atoms with van der Waals surface area (Å²) in [5, 5.41) is 11.4. The van der Waals surface area contributed by atoms with Gasteiger partial charge in [0.1, 0.15) is 11.1 Å². The summed E-state index contributed by atoms with van der Waals surface area (Å²) in [7, 11) is 0. The molecular formula is C26H19ClN2S. The molecule has 4 heteroatoms. The Kier molecular flexibility index (Phi) is 6.18. The van der Waals surface area contributed by atoms with E-state index in [-0.39, 0.29) is 0 Å². The Labute approximate surface area is 186 Å². The van der Waals surface area contributed by atoms with E-state index in [9.17, 15) is 5.26 Å². The van der Waals surface area contributed by atoms with Crippen LogP contribution in [0.3, 0.4) is 0 Å². The Morgan fingerprint density at radius 2 is 1.60 bits per heavy atom. The summed E-state index contributed by atoms with van der Waals surface area (Å²) in [5.74, 6) is 0.713. The van der Waals surface area contributed by atoms with Gasteiger partial charge in [0.05, 0.1) is 11.3 Å². The average molecular weight is 427 g/mol. The molecule has 0 aliphatic heterocycles. The zero-order chi connectivity index (χ0) is 20.9. The van der Waals surface area contributed by atoms with E-state index in [1.165, 1.54) is 5.56 Å². The van der Waals surface area contributed by atoms with Gasteiger partial charge in [-0.3, -0.25) is 0 Å². The van der Waals surface area contributed by atoms with Crippen LogP contribution in [0.1, 0.15) is 16.7 Å². The van der Waals surface area contributed by atoms with Crippen molar-refractivity contribution in [3.8, 4) is 28.5 Å². The fourth-order valence-electron chi connectivity index (χ4n) is 3.18. The van der Waals surface area contributed by atoms with E-state index >= 15 is 0 Å². The largest absolute Gasteiger partial charge is 0.240 e. The van der Waals surface area contributed by atoms with Gasteiger partial charge in [0.25, 0.3) is 0 Å². The molecule has 0 unspecified atom stereocenters. The van der Waals surface area contributed by atoms with E-state index in [4.69, 9.17) is 16.6 Å². The van der Waals surface area contributed by atoms with Gasteiger partial charge in [0.15, 0.2) is 0 Å². The molecule has 0 radical (unpaired) electrons. The number of thioether (sulfide) groups is 1. The third-order valence-corrected chi connectivity index (χ3v) is 6.12. The predicted molar refractivity (Wildman–Crippen MR) is 126 cm³/mol. The summed E-state index contributed by atoms with van der Waals surface area (Å²) in [4.78, 5) is 4.88. The lowest BCUT2D eigenvalue weighted by atomic mass is 9.99. The molecule has 2 nitrogen and oxygen atoms in total. The molecule has 30 heavy (non-hydrogen) atoms. The molecule has 4 rings (SSSR count). The number of aromatic nitrogens is 1. The number of hydrogen-bond acceptors (Lipinski definition) is 3. The first-order chi connectivity index (χ1) is 14.6. The first-order valence-corrected chi connectivity index (χ1v) is 11.0. The summed E-state index contributed by atoms with van der Waals surface area (Å²) in [6, 6.07) is 30.5. The van der Waals surface area contributed by atoms with Crippen LogP contribution in [0.25, 0.3) is 22.4 Å². The number of nitriles is 1. The standard InChI is InChI=1S/C26H19ClN2S/c1-18-7-11-21(12-8-18)25-15-23(20-5-3-2-4-6-20)24(16-28)26(29-25)30-17-19-9-13-22(27)14-10-19/h2-15H,17H2,1H3. The molecule has 0 aliphatic carbocycles. The third-order valence-electron chi connectivity index (χ3n) is 4.82. The minimum atomic E-state index is 0.607. The number of rotatable bonds is 5. The van der Waals surface area contributed by atoms with Gasteiger partial charge in [0, 0.05) is 21.9 Å².